The van der Waals surface area contributed by atoms with Crippen LogP contribution in [-0.4, -0.2) is 17.9 Å². The lowest BCUT2D eigenvalue weighted by Gasteiger charge is -2.17. The van der Waals surface area contributed by atoms with Gasteiger partial charge < -0.3 is 4.90 Å². The van der Waals surface area contributed by atoms with E-state index in [0.29, 0.717) is 13.0 Å². The van der Waals surface area contributed by atoms with Gasteiger partial charge in [0.15, 0.2) is 0 Å². The van der Waals surface area contributed by atoms with Crippen LogP contribution < -0.4 is 0 Å². The topological polar surface area (TPSA) is 20.3 Å². The zero-order chi connectivity index (χ0) is 13.8. The summed E-state index contributed by atoms with van der Waals surface area (Å²) in [6.07, 6.45) is 0.480. The number of carbonyl (C=O) groups is 1. The standard InChI is InChI=1S/C16H19NOS/c1-12-6-4-5-7-14(12)10-16(18)17(3)11-15-13(2)8-9-19-15/h4-9H,10-11H2,1-3H3. The van der Waals surface area contributed by atoms with E-state index in [4.69, 9.17) is 0 Å². The predicted molar refractivity (Wildman–Crippen MR) is 80.4 cm³/mol. The van der Waals surface area contributed by atoms with Crippen LogP contribution in [-0.2, 0) is 17.8 Å². The van der Waals surface area contributed by atoms with E-state index < -0.39 is 0 Å². The van der Waals surface area contributed by atoms with Crippen molar-refractivity contribution < 1.29 is 4.79 Å². The molecule has 0 saturated heterocycles. The first-order valence-corrected chi connectivity index (χ1v) is 7.27. The van der Waals surface area contributed by atoms with Gasteiger partial charge in [0, 0.05) is 11.9 Å². The van der Waals surface area contributed by atoms with Crippen LogP contribution in [0.5, 0.6) is 0 Å². The molecule has 1 aromatic heterocycles. The van der Waals surface area contributed by atoms with E-state index in [9.17, 15) is 4.79 Å². The number of hydrogen-bond acceptors (Lipinski definition) is 2. The van der Waals surface area contributed by atoms with E-state index in [1.54, 1.807) is 11.3 Å². The van der Waals surface area contributed by atoms with Gasteiger partial charge >= 0.3 is 0 Å². The maximum atomic E-state index is 12.2. The maximum absolute atomic E-state index is 12.2. The summed E-state index contributed by atoms with van der Waals surface area (Å²) in [5, 5.41) is 2.07. The molecule has 0 N–H and O–H groups in total. The number of benzene rings is 1. The minimum atomic E-state index is 0.169. The average Bonchev–Trinajstić information content (AvgIpc) is 2.78. The number of hydrogen-bond donors (Lipinski definition) is 0. The summed E-state index contributed by atoms with van der Waals surface area (Å²) in [5.74, 6) is 0.169. The van der Waals surface area contributed by atoms with Crippen LogP contribution in [0.25, 0.3) is 0 Å². The smallest absolute Gasteiger partial charge is 0.227 e. The predicted octanol–water partition coefficient (Wildman–Crippen LogP) is 3.57. The molecule has 0 aliphatic heterocycles. The van der Waals surface area contributed by atoms with Gasteiger partial charge in [-0.25, -0.2) is 0 Å². The largest absolute Gasteiger partial charge is 0.340 e. The van der Waals surface area contributed by atoms with Crippen LogP contribution in [0.1, 0.15) is 21.6 Å². The van der Waals surface area contributed by atoms with Crippen LogP contribution in [0.3, 0.4) is 0 Å². The Labute approximate surface area is 118 Å². The van der Waals surface area contributed by atoms with Gasteiger partial charge in [-0.3, -0.25) is 4.79 Å². The van der Waals surface area contributed by atoms with Crippen molar-refractivity contribution in [1.82, 2.24) is 4.90 Å². The summed E-state index contributed by atoms with van der Waals surface area (Å²) in [5.41, 5.74) is 3.55. The third kappa shape index (κ3) is 3.44. The molecule has 2 aromatic rings. The molecule has 0 aliphatic rings. The zero-order valence-corrected chi connectivity index (χ0v) is 12.5. The fourth-order valence-corrected chi connectivity index (χ4v) is 2.93. The molecule has 1 heterocycles. The summed E-state index contributed by atoms with van der Waals surface area (Å²) >= 11 is 1.71. The Morgan fingerprint density at radius 3 is 2.53 bits per heavy atom. The molecular formula is C16H19NOS. The van der Waals surface area contributed by atoms with Gasteiger partial charge in [0.1, 0.15) is 0 Å². The third-order valence-electron chi connectivity index (χ3n) is 3.38. The first-order chi connectivity index (χ1) is 9.08. The molecule has 1 amide bonds. The Morgan fingerprint density at radius 2 is 1.89 bits per heavy atom. The van der Waals surface area contributed by atoms with Crippen molar-refractivity contribution in [3.8, 4) is 0 Å². The Balaban J connectivity index is 2.00. The van der Waals surface area contributed by atoms with Crippen molar-refractivity contribution in [2.45, 2.75) is 26.8 Å². The average molecular weight is 273 g/mol. The normalized spacial score (nSPS) is 10.5. The van der Waals surface area contributed by atoms with Gasteiger partial charge in [-0.1, -0.05) is 24.3 Å². The van der Waals surface area contributed by atoms with Crippen LogP contribution in [0.2, 0.25) is 0 Å². The summed E-state index contributed by atoms with van der Waals surface area (Å²) in [7, 11) is 1.87. The van der Waals surface area contributed by atoms with Crippen LogP contribution in [0, 0.1) is 13.8 Å². The Hall–Kier alpha value is -1.61. The Morgan fingerprint density at radius 1 is 1.16 bits per heavy atom. The van der Waals surface area contributed by atoms with Crippen molar-refractivity contribution in [3.05, 3.63) is 57.3 Å². The summed E-state index contributed by atoms with van der Waals surface area (Å²) in [6.45, 7) is 4.84. The quantitative estimate of drug-likeness (QED) is 0.834. The van der Waals surface area contributed by atoms with Crippen LogP contribution >= 0.6 is 11.3 Å². The number of carbonyl (C=O) groups excluding carboxylic acids is 1. The summed E-state index contributed by atoms with van der Waals surface area (Å²) in [4.78, 5) is 15.3. The number of rotatable bonds is 4. The Bertz CT molecular complexity index is 574. The number of thiophene rings is 1. The van der Waals surface area contributed by atoms with Gasteiger partial charge in [0.05, 0.1) is 13.0 Å². The lowest BCUT2D eigenvalue weighted by molar-refractivity contribution is -0.129. The number of nitrogens with zero attached hydrogens (tertiary/aromatic N) is 1. The van der Waals surface area contributed by atoms with E-state index in [1.807, 2.05) is 43.1 Å². The van der Waals surface area contributed by atoms with E-state index in [2.05, 4.69) is 18.4 Å². The fraction of sp³-hybridized carbons (Fsp3) is 0.312. The molecule has 0 fully saturated rings. The van der Waals surface area contributed by atoms with Gasteiger partial charge in [0.25, 0.3) is 0 Å². The van der Waals surface area contributed by atoms with Crippen molar-refractivity contribution in [1.29, 1.82) is 0 Å². The molecule has 2 rings (SSSR count). The lowest BCUT2D eigenvalue weighted by atomic mass is 10.1. The van der Waals surface area contributed by atoms with Gasteiger partial charge in [-0.15, -0.1) is 11.3 Å². The van der Waals surface area contributed by atoms with E-state index in [-0.39, 0.29) is 5.91 Å². The first-order valence-electron chi connectivity index (χ1n) is 6.39. The van der Waals surface area contributed by atoms with Crippen LogP contribution in [0.15, 0.2) is 35.7 Å². The minimum absolute atomic E-state index is 0.169. The van der Waals surface area contributed by atoms with Crippen LogP contribution in [0.4, 0.5) is 0 Å². The second-order valence-corrected chi connectivity index (χ2v) is 5.88. The second-order valence-electron chi connectivity index (χ2n) is 4.88. The number of amides is 1. The highest BCUT2D eigenvalue weighted by Crippen LogP contribution is 2.18. The fourth-order valence-electron chi connectivity index (χ4n) is 1.98. The molecule has 0 saturated carbocycles. The van der Waals surface area contributed by atoms with Gasteiger partial charge in [-0.2, -0.15) is 0 Å². The summed E-state index contributed by atoms with van der Waals surface area (Å²) in [6, 6.07) is 10.2. The van der Waals surface area contributed by atoms with Crippen molar-refractivity contribution in [2.75, 3.05) is 7.05 Å². The van der Waals surface area contributed by atoms with Crippen molar-refractivity contribution in [3.63, 3.8) is 0 Å². The molecule has 1 aromatic carbocycles. The second kappa shape index (κ2) is 6.02. The molecule has 100 valence electrons. The van der Waals surface area contributed by atoms with Crippen molar-refractivity contribution >= 4 is 17.2 Å². The minimum Gasteiger partial charge on any atom is -0.340 e. The molecule has 0 bridgehead atoms. The lowest BCUT2D eigenvalue weighted by Crippen LogP contribution is -2.27. The molecule has 0 aliphatic carbocycles. The molecule has 0 radical (unpaired) electrons. The number of likely N-dealkylation sites (N-methyl/N-ethyl adjacent to an activating group) is 1. The Kier molecular flexibility index (Phi) is 4.38. The van der Waals surface area contributed by atoms with E-state index >= 15 is 0 Å². The monoisotopic (exact) mass is 273 g/mol. The molecule has 2 nitrogen and oxygen atoms in total. The van der Waals surface area contributed by atoms with Crippen molar-refractivity contribution in [2.24, 2.45) is 0 Å². The molecular weight excluding hydrogens is 254 g/mol. The zero-order valence-electron chi connectivity index (χ0n) is 11.6. The van der Waals surface area contributed by atoms with E-state index in [1.165, 1.54) is 16.0 Å². The SMILES string of the molecule is Cc1ccccc1CC(=O)N(C)Cc1sccc1C. The highest BCUT2D eigenvalue weighted by Gasteiger charge is 2.12. The van der Waals surface area contributed by atoms with E-state index in [0.717, 1.165) is 5.56 Å². The number of aryl methyl sites for hydroxylation is 2. The highest BCUT2D eigenvalue weighted by molar-refractivity contribution is 7.10. The summed E-state index contributed by atoms with van der Waals surface area (Å²) < 4.78 is 0. The maximum Gasteiger partial charge on any atom is 0.227 e. The molecule has 0 atom stereocenters. The molecule has 0 unspecified atom stereocenters. The van der Waals surface area contributed by atoms with Gasteiger partial charge in [-0.05, 0) is 42.0 Å². The molecule has 0 spiro atoms. The highest BCUT2D eigenvalue weighted by atomic mass is 32.1. The third-order valence-corrected chi connectivity index (χ3v) is 4.39. The molecule has 19 heavy (non-hydrogen) atoms. The van der Waals surface area contributed by atoms with Gasteiger partial charge in [0.2, 0.25) is 5.91 Å². The first kappa shape index (κ1) is 13.8. The molecule has 3 heteroatoms.